The van der Waals surface area contributed by atoms with E-state index in [1.165, 1.54) is 0 Å². The van der Waals surface area contributed by atoms with Gasteiger partial charge in [-0.2, -0.15) is 0 Å². The third-order valence-corrected chi connectivity index (χ3v) is 3.61. The van der Waals surface area contributed by atoms with Crippen molar-refractivity contribution in [1.82, 2.24) is 25.2 Å². The molecule has 24 heavy (non-hydrogen) atoms. The van der Waals surface area contributed by atoms with Crippen LogP contribution in [0.25, 0.3) is 5.82 Å². The molecule has 0 spiro atoms. The van der Waals surface area contributed by atoms with Crippen LogP contribution in [0.15, 0.2) is 61.3 Å². The molecule has 1 aromatic carbocycles. The van der Waals surface area contributed by atoms with Crippen molar-refractivity contribution in [3.05, 3.63) is 77.5 Å². The van der Waals surface area contributed by atoms with Crippen molar-refractivity contribution >= 4 is 17.6 Å². The van der Waals surface area contributed by atoms with E-state index in [0.29, 0.717) is 18.1 Å². The minimum Gasteiger partial charge on any atom is -0.334 e. The molecule has 0 saturated heterocycles. The molecule has 3 aromatic rings. The zero-order valence-electron chi connectivity index (χ0n) is 12.8. The summed E-state index contributed by atoms with van der Waals surface area (Å²) in [7, 11) is 0. The standard InChI is InChI=1S/C17H16ClN5O/c18-15-3-1-2-13(8-15)9-21-17(24)22-11-14-4-5-16(20-10-14)23-7-6-19-12-23/h1-8,10,12H,9,11H2,(H2,21,22,24). The summed E-state index contributed by atoms with van der Waals surface area (Å²) in [6.07, 6.45) is 6.93. The Morgan fingerprint density at radius 1 is 1.12 bits per heavy atom. The summed E-state index contributed by atoms with van der Waals surface area (Å²) in [5.41, 5.74) is 1.86. The molecule has 0 aliphatic rings. The van der Waals surface area contributed by atoms with Crippen LogP contribution in [0.3, 0.4) is 0 Å². The number of carbonyl (C=O) groups is 1. The number of imidazole rings is 1. The molecule has 6 nitrogen and oxygen atoms in total. The highest BCUT2D eigenvalue weighted by molar-refractivity contribution is 6.30. The Balaban J connectivity index is 1.47. The first-order valence-corrected chi connectivity index (χ1v) is 7.78. The van der Waals surface area contributed by atoms with E-state index in [1.807, 2.05) is 41.1 Å². The first kappa shape index (κ1) is 16.0. The van der Waals surface area contributed by atoms with E-state index in [9.17, 15) is 4.79 Å². The average Bonchev–Trinajstić information content (AvgIpc) is 3.13. The summed E-state index contributed by atoms with van der Waals surface area (Å²) in [4.78, 5) is 20.2. The van der Waals surface area contributed by atoms with Crippen molar-refractivity contribution < 1.29 is 4.79 Å². The molecule has 2 amide bonds. The fourth-order valence-electron chi connectivity index (χ4n) is 2.14. The molecule has 0 bridgehead atoms. The molecule has 0 atom stereocenters. The van der Waals surface area contributed by atoms with Gasteiger partial charge in [0, 0.05) is 36.7 Å². The van der Waals surface area contributed by atoms with Gasteiger partial charge in [-0.25, -0.2) is 14.8 Å². The molecule has 0 radical (unpaired) electrons. The van der Waals surface area contributed by atoms with Crippen molar-refractivity contribution in [3.63, 3.8) is 0 Å². The maximum atomic E-state index is 11.8. The van der Waals surface area contributed by atoms with E-state index in [0.717, 1.165) is 16.9 Å². The number of hydrogen-bond donors (Lipinski definition) is 2. The maximum Gasteiger partial charge on any atom is 0.315 e. The van der Waals surface area contributed by atoms with Gasteiger partial charge in [0.15, 0.2) is 0 Å². The number of amides is 2. The molecule has 2 N–H and O–H groups in total. The van der Waals surface area contributed by atoms with Gasteiger partial charge >= 0.3 is 6.03 Å². The van der Waals surface area contributed by atoms with Gasteiger partial charge in [-0.3, -0.25) is 4.57 Å². The topological polar surface area (TPSA) is 71.8 Å². The smallest absolute Gasteiger partial charge is 0.315 e. The first-order chi connectivity index (χ1) is 11.7. The van der Waals surface area contributed by atoms with Gasteiger partial charge in [-0.05, 0) is 29.3 Å². The highest BCUT2D eigenvalue weighted by atomic mass is 35.5. The maximum absolute atomic E-state index is 11.8. The molecule has 122 valence electrons. The lowest BCUT2D eigenvalue weighted by Gasteiger charge is -2.08. The number of benzene rings is 1. The lowest BCUT2D eigenvalue weighted by Crippen LogP contribution is -2.34. The monoisotopic (exact) mass is 341 g/mol. The van der Waals surface area contributed by atoms with E-state index in [4.69, 9.17) is 11.6 Å². The second kappa shape index (κ2) is 7.61. The van der Waals surface area contributed by atoms with E-state index in [-0.39, 0.29) is 6.03 Å². The number of rotatable bonds is 5. The highest BCUT2D eigenvalue weighted by Gasteiger charge is 2.03. The van der Waals surface area contributed by atoms with Crippen LogP contribution in [0.5, 0.6) is 0 Å². The Hall–Kier alpha value is -2.86. The minimum absolute atomic E-state index is 0.242. The number of pyridine rings is 1. The number of nitrogens with one attached hydrogen (secondary N) is 2. The van der Waals surface area contributed by atoms with Crippen molar-refractivity contribution in [2.24, 2.45) is 0 Å². The summed E-state index contributed by atoms with van der Waals surface area (Å²) >= 11 is 5.91. The van der Waals surface area contributed by atoms with Crippen LogP contribution in [-0.4, -0.2) is 20.6 Å². The summed E-state index contributed by atoms with van der Waals surface area (Å²) < 4.78 is 1.81. The molecule has 7 heteroatoms. The number of carbonyl (C=O) groups excluding carboxylic acids is 1. The van der Waals surface area contributed by atoms with Gasteiger partial charge in [-0.1, -0.05) is 29.8 Å². The second-order valence-corrected chi connectivity index (χ2v) is 5.60. The third kappa shape index (κ3) is 4.33. The minimum atomic E-state index is -0.242. The van der Waals surface area contributed by atoms with Crippen LogP contribution in [0.1, 0.15) is 11.1 Å². The Morgan fingerprint density at radius 2 is 1.96 bits per heavy atom. The molecule has 3 rings (SSSR count). The number of aromatic nitrogens is 3. The highest BCUT2D eigenvalue weighted by Crippen LogP contribution is 2.10. The van der Waals surface area contributed by atoms with E-state index in [1.54, 1.807) is 24.8 Å². The van der Waals surface area contributed by atoms with Crippen molar-refractivity contribution in [1.29, 1.82) is 0 Å². The van der Waals surface area contributed by atoms with Crippen molar-refractivity contribution in [2.75, 3.05) is 0 Å². The Labute approximate surface area is 144 Å². The van der Waals surface area contributed by atoms with Crippen LogP contribution in [0.2, 0.25) is 5.02 Å². The SMILES string of the molecule is O=C(NCc1ccc(-n2ccnc2)nc1)NCc1cccc(Cl)c1. The van der Waals surface area contributed by atoms with Gasteiger partial charge < -0.3 is 10.6 Å². The van der Waals surface area contributed by atoms with Crippen LogP contribution in [0, 0.1) is 0 Å². The van der Waals surface area contributed by atoms with E-state index < -0.39 is 0 Å². The van der Waals surface area contributed by atoms with Gasteiger partial charge in [-0.15, -0.1) is 0 Å². The van der Waals surface area contributed by atoms with Crippen LogP contribution in [-0.2, 0) is 13.1 Å². The number of nitrogens with zero attached hydrogens (tertiary/aromatic N) is 3. The lowest BCUT2D eigenvalue weighted by molar-refractivity contribution is 0.240. The van der Waals surface area contributed by atoms with Crippen molar-refractivity contribution in [3.8, 4) is 5.82 Å². The fraction of sp³-hybridized carbons (Fsp3) is 0.118. The van der Waals surface area contributed by atoms with Crippen molar-refractivity contribution in [2.45, 2.75) is 13.1 Å². The zero-order chi connectivity index (χ0) is 16.8. The summed E-state index contributed by atoms with van der Waals surface area (Å²) in [6.45, 7) is 0.822. The van der Waals surface area contributed by atoms with Crippen LogP contribution < -0.4 is 10.6 Å². The molecular weight excluding hydrogens is 326 g/mol. The first-order valence-electron chi connectivity index (χ1n) is 7.40. The van der Waals surface area contributed by atoms with Crippen LogP contribution >= 0.6 is 11.6 Å². The molecule has 0 fully saturated rings. The molecule has 0 aliphatic carbocycles. The molecule has 0 aliphatic heterocycles. The lowest BCUT2D eigenvalue weighted by atomic mass is 10.2. The van der Waals surface area contributed by atoms with Crippen LogP contribution in [0.4, 0.5) is 4.79 Å². The Kier molecular flexibility index (Phi) is 5.08. The predicted octanol–water partition coefficient (Wildman–Crippen LogP) is 2.92. The largest absolute Gasteiger partial charge is 0.334 e. The normalized spacial score (nSPS) is 10.4. The van der Waals surface area contributed by atoms with Gasteiger partial charge in [0.2, 0.25) is 0 Å². The third-order valence-electron chi connectivity index (χ3n) is 3.37. The quantitative estimate of drug-likeness (QED) is 0.749. The van der Waals surface area contributed by atoms with Gasteiger partial charge in [0.05, 0.1) is 0 Å². The number of urea groups is 1. The van der Waals surface area contributed by atoms with E-state index in [2.05, 4.69) is 20.6 Å². The summed E-state index contributed by atoms with van der Waals surface area (Å²) in [6, 6.07) is 10.9. The molecule has 0 unspecified atom stereocenters. The Bertz CT molecular complexity index is 802. The molecule has 2 heterocycles. The zero-order valence-corrected chi connectivity index (χ0v) is 13.6. The summed E-state index contributed by atoms with van der Waals surface area (Å²) in [5, 5.41) is 6.24. The Morgan fingerprint density at radius 3 is 2.62 bits per heavy atom. The van der Waals surface area contributed by atoms with Gasteiger partial charge in [0.25, 0.3) is 0 Å². The second-order valence-electron chi connectivity index (χ2n) is 5.16. The van der Waals surface area contributed by atoms with E-state index >= 15 is 0 Å². The number of hydrogen-bond acceptors (Lipinski definition) is 3. The molecular formula is C17H16ClN5O. The fourth-order valence-corrected chi connectivity index (χ4v) is 2.36. The predicted molar refractivity (Wildman–Crippen MR) is 91.9 cm³/mol. The van der Waals surface area contributed by atoms with Gasteiger partial charge in [0.1, 0.15) is 12.1 Å². The molecule has 0 saturated carbocycles. The molecule has 2 aromatic heterocycles. The summed E-state index contributed by atoms with van der Waals surface area (Å²) in [5.74, 6) is 0.779. The average molecular weight is 342 g/mol. The number of halogens is 1.